The average Bonchev–Trinajstić information content (AvgIpc) is 3.06. The number of nitrogens with zero attached hydrogens (tertiary/aromatic N) is 2. The Bertz CT molecular complexity index is 938. The molecule has 0 aliphatic carbocycles. The number of likely N-dealkylation sites (N-methyl/N-ethyl adjacent to an activating group) is 1. The van der Waals surface area contributed by atoms with Crippen molar-refractivity contribution in [1.29, 1.82) is 5.41 Å². The van der Waals surface area contributed by atoms with Crippen molar-refractivity contribution in [1.82, 2.24) is 15.2 Å². The zero-order valence-electron chi connectivity index (χ0n) is 17.0. The molecule has 0 bridgehead atoms. The molecule has 0 fully saturated rings. The Morgan fingerprint density at radius 1 is 1.13 bits per heavy atom. The fourth-order valence-corrected chi connectivity index (χ4v) is 3.44. The Morgan fingerprint density at radius 3 is 2.37 bits per heavy atom. The molecule has 0 atom stereocenters. The molecule has 11 heteroatoms. The van der Waals surface area contributed by atoms with E-state index in [1.807, 2.05) is 12.1 Å². The maximum absolute atomic E-state index is 12.6. The summed E-state index contributed by atoms with van der Waals surface area (Å²) in [6, 6.07) is 7.39. The van der Waals surface area contributed by atoms with Crippen LogP contribution in [-0.4, -0.2) is 54.2 Å². The number of amides is 3. The normalized spacial score (nSPS) is 10.2. The van der Waals surface area contributed by atoms with E-state index in [0.29, 0.717) is 34.2 Å². The Hall–Kier alpha value is -3.47. The molecule has 0 saturated carbocycles. The van der Waals surface area contributed by atoms with Gasteiger partial charge >= 0.3 is 0 Å². The van der Waals surface area contributed by atoms with Gasteiger partial charge in [0, 0.05) is 26.7 Å². The quantitative estimate of drug-likeness (QED) is 0.310. The average molecular weight is 432 g/mol. The third-order valence-corrected chi connectivity index (χ3v) is 4.98. The lowest BCUT2D eigenvalue weighted by atomic mass is 10.1. The number of hydrogen-bond donors (Lipinski definition) is 5. The Morgan fingerprint density at radius 2 is 1.80 bits per heavy atom. The number of hydrogen-bond acceptors (Lipinski definition) is 6. The van der Waals surface area contributed by atoms with Crippen molar-refractivity contribution in [2.75, 3.05) is 31.3 Å². The number of thiazole rings is 1. The summed E-state index contributed by atoms with van der Waals surface area (Å²) in [6.45, 7) is 1.25. The monoisotopic (exact) mass is 431 g/mol. The molecular weight excluding hydrogens is 406 g/mol. The molecule has 0 aliphatic heterocycles. The summed E-state index contributed by atoms with van der Waals surface area (Å²) in [6.07, 6.45) is 1.08. The number of guanidine groups is 1. The molecule has 1 heterocycles. The molecule has 30 heavy (non-hydrogen) atoms. The molecule has 2 aromatic rings. The van der Waals surface area contributed by atoms with Crippen molar-refractivity contribution in [3.63, 3.8) is 0 Å². The summed E-state index contributed by atoms with van der Waals surface area (Å²) >= 11 is 1.07. The van der Waals surface area contributed by atoms with E-state index >= 15 is 0 Å². The lowest BCUT2D eigenvalue weighted by molar-refractivity contribution is -0.127. The largest absolute Gasteiger partial charge is 0.370 e. The molecule has 0 saturated heterocycles. The molecule has 0 unspecified atom stereocenters. The number of nitrogens with two attached hydrogens (primary N) is 1. The highest BCUT2D eigenvalue weighted by molar-refractivity contribution is 7.17. The van der Waals surface area contributed by atoms with E-state index in [1.54, 1.807) is 26.2 Å². The standard InChI is InChI=1S/C19H25N7O3S/c1-11(27)23-19-25-14(16(30-19)17(29)22-10-15(28)26(2)3)9-6-12-4-7-13(8-5-12)24-18(20)21/h4-5,7-8H,6,9-10H2,1-3H3,(H,22,29)(H4,20,21,24)(H,23,25,27). The Balaban J connectivity index is 2.11. The Kier molecular flexibility index (Phi) is 7.87. The minimum atomic E-state index is -0.407. The number of aryl methyl sites for hydroxylation is 2. The van der Waals surface area contributed by atoms with E-state index in [2.05, 4.69) is 20.9 Å². The summed E-state index contributed by atoms with van der Waals surface area (Å²) in [5, 5.41) is 15.5. The van der Waals surface area contributed by atoms with Crippen molar-refractivity contribution in [3.05, 3.63) is 40.4 Å². The summed E-state index contributed by atoms with van der Waals surface area (Å²) in [7, 11) is 3.22. The molecule has 1 aromatic carbocycles. The van der Waals surface area contributed by atoms with Crippen LogP contribution in [0, 0.1) is 5.41 Å². The third-order valence-electron chi connectivity index (χ3n) is 3.97. The van der Waals surface area contributed by atoms with E-state index in [0.717, 1.165) is 16.9 Å². The van der Waals surface area contributed by atoms with Crippen LogP contribution in [0.25, 0.3) is 0 Å². The summed E-state index contributed by atoms with van der Waals surface area (Å²) < 4.78 is 0. The lowest BCUT2D eigenvalue weighted by Gasteiger charge is -2.10. The van der Waals surface area contributed by atoms with Crippen LogP contribution in [0.15, 0.2) is 24.3 Å². The van der Waals surface area contributed by atoms with E-state index in [-0.39, 0.29) is 24.3 Å². The SMILES string of the molecule is CC(=O)Nc1nc(CCc2ccc(NC(=N)N)cc2)c(C(=O)NCC(=O)N(C)C)s1. The highest BCUT2D eigenvalue weighted by atomic mass is 32.1. The van der Waals surface area contributed by atoms with Crippen molar-refractivity contribution in [3.8, 4) is 0 Å². The van der Waals surface area contributed by atoms with Crippen LogP contribution >= 0.6 is 11.3 Å². The highest BCUT2D eigenvalue weighted by Gasteiger charge is 2.19. The van der Waals surface area contributed by atoms with Gasteiger partial charge in [-0.2, -0.15) is 0 Å². The van der Waals surface area contributed by atoms with Crippen LogP contribution in [-0.2, 0) is 22.4 Å². The smallest absolute Gasteiger partial charge is 0.263 e. The zero-order valence-corrected chi connectivity index (χ0v) is 17.9. The van der Waals surface area contributed by atoms with Crippen LogP contribution in [0.1, 0.15) is 27.9 Å². The third kappa shape index (κ3) is 6.85. The molecule has 160 valence electrons. The highest BCUT2D eigenvalue weighted by Crippen LogP contribution is 2.24. The molecule has 10 nitrogen and oxygen atoms in total. The van der Waals surface area contributed by atoms with Gasteiger partial charge in [0.15, 0.2) is 11.1 Å². The first-order valence-corrected chi connectivity index (χ1v) is 9.93. The van der Waals surface area contributed by atoms with Gasteiger partial charge in [0.25, 0.3) is 5.91 Å². The van der Waals surface area contributed by atoms with Crippen LogP contribution in [0.5, 0.6) is 0 Å². The molecule has 1 aromatic heterocycles. The number of carbonyl (C=O) groups excluding carboxylic acids is 3. The molecule has 3 amide bonds. The summed E-state index contributed by atoms with van der Waals surface area (Å²) in [5.74, 6) is -1.05. The molecule has 0 aliphatic rings. The number of anilines is 2. The molecule has 0 spiro atoms. The van der Waals surface area contributed by atoms with Gasteiger partial charge in [-0.1, -0.05) is 23.5 Å². The van der Waals surface area contributed by atoms with E-state index < -0.39 is 5.91 Å². The Labute approximate surface area is 178 Å². The second kappa shape index (κ2) is 10.3. The topological polar surface area (TPSA) is 153 Å². The minimum absolute atomic E-state index is 0.122. The molecular formula is C19H25N7O3S. The number of carbonyl (C=O) groups is 3. The molecule has 6 N–H and O–H groups in total. The zero-order chi connectivity index (χ0) is 22.3. The first-order valence-electron chi connectivity index (χ1n) is 9.11. The van der Waals surface area contributed by atoms with E-state index in [9.17, 15) is 14.4 Å². The number of aromatic nitrogens is 1. The van der Waals surface area contributed by atoms with Gasteiger partial charge in [-0.3, -0.25) is 19.8 Å². The van der Waals surface area contributed by atoms with Crippen LogP contribution in [0.2, 0.25) is 0 Å². The maximum atomic E-state index is 12.6. The summed E-state index contributed by atoms with van der Waals surface area (Å²) in [4.78, 5) is 41.8. The van der Waals surface area contributed by atoms with Gasteiger partial charge in [-0.05, 0) is 30.5 Å². The first-order chi connectivity index (χ1) is 14.2. The predicted octanol–water partition coefficient (Wildman–Crippen LogP) is 1.01. The minimum Gasteiger partial charge on any atom is -0.370 e. The van der Waals surface area contributed by atoms with Crippen molar-refractivity contribution in [2.45, 2.75) is 19.8 Å². The number of benzene rings is 1. The van der Waals surface area contributed by atoms with Crippen molar-refractivity contribution in [2.24, 2.45) is 5.73 Å². The van der Waals surface area contributed by atoms with Crippen LogP contribution in [0.4, 0.5) is 10.8 Å². The number of rotatable bonds is 8. The van der Waals surface area contributed by atoms with Gasteiger partial charge in [-0.25, -0.2) is 4.98 Å². The van der Waals surface area contributed by atoms with E-state index in [1.165, 1.54) is 11.8 Å². The fraction of sp³-hybridized carbons (Fsp3) is 0.316. The van der Waals surface area contributed by atoms with Gasteiger partial charge in [0.1, 0.15) is 4.88 Å². The van der Waals surface area contributed by atoms with Gasteiger partial charge < -0.3 is 26.6 Å². The van der Waals surface area contributed by atoms with Crippen LogP contribution < -0.4 is 21.7 Å². The van der Waals surface area contributed by atoms with Gasteiger partial charge in [-0.15, -0.1) is 0 Å². The van der Waals surface area contributed by atoms with Gasteiger partial charge in [0.05, 0.1) is 12.2 Å². The number of nitrogens with one attached hydrogen (secondary N) is 4. The van der Waals surface area contributed by atoms with Gasteiger partial charge in [0.2, 0.25) is 11.8 Å². The maximum Gasteiger partial charge on any atom is 0.263 e. The molecule has 0 radical (unpaired) electrons. The fourth-order valence-electron chi connectivity index (χ4n) is 2.47. The second-order valence-corrected chi connectivity index (χ2v) is 7.68. The first kappa shape index (κ1) is 22.8. The summed E-state index contributed by atoms with van der Waals surface area (Å²) in [5.41, 5.74) is 7.57. The van der Waals surface area contributed by atoms with Crippen LogP contribution in [0.3, 0.4) is 0 Å². The second-order valence-electron chi connectivity index (χ2n) is 6.68. The molecule has 2 rings (SSSR count). The van der Waals surface area contributed by atoms with E-state index in [4.69, 9.17) is 11.1 Å². The predicted molar refractivity (Wildman–Crippen MR) is 117 cm³/mol. The van der Waals surface area contributed by atoms with Crippen molar-refractivity contribution >= 4 is 45.8 Å². The van der Waals surface area contributed by atoms with Crippen molar-refractivity contribution < 1.29 is 14.4 Å². The lowest BCUT2D eigenvalue weighted by Crippen LogP contribution is -2.36.